The number of fused-ring (bicyclic) bond motifs is 2. The quantitative estimate of drug-likeness (QED) is 0.137. The highest BCUT2D eigenvalue weighted by Gasteiger charge is 2.44. The van der Waals surface area contributed by atoms with Crippen molar-refractivity contribution < 1.29 is 82.2 Å². The van der Waals surface area contributed by atoms with Gasteiger partial charge in [0.05, 0.1) is 61.8 Å². The van der Waals surface area contributed by atoms with Crippen LogP contribution in [-0.4, -0.2) is 145 Å². The summed E-state index contributed by atoms with van der Waals surface area (Å²) < 4.78 is 79.6. The number of ketones is 2. The zero-order chi connectivity index (χ0) is 51.1. The lowest BCUT2D eigenvalue weighted by atomic mass is 9.82. The number of halogens is 2. The van der Waals surface area contributed by atoms with Gasteiger partial charge in [0.15, 0.2) is 31.2 Å². The summed E-state index contributed by atoms with van der Waals surface area (Å²) in [5, 5.41) is 3.07. The molecule has 4 aliphatic heterocycles. The number of piperidine rings is 2. The topological polar surface area (TPSA) is 212 Å². The average molecular weight is 1110 g/mol. The molecule has 0 amide bonds. The number of likely N-dealkylation sites (tertiary alicyclic amines) is 1. The number of ether oxygens (including phenoxy) is 6. The number of Topliss-reactive ketones (excluding diaryl/α,β-unsaturated/α-hetero) is 2. The summed E-state index contributed by atoms with van der Waals surface area (Å²) in [6.07, 6.45) is 8.50. The van der Waals surface area contributed by atoms with Crippen LogP contribution in [0.2, 0.25) is 0 Å². The molecule has 2 aromatic rings. The number of hydrogen-bond donors (Lipinski definition) is 1. The average Bonchev–Trinajstić information content (AvgIpc) is 3.22. The normalized spacial score (nSPS) is 17.5. The van der Waals surface area contributed by atoms with E-state index in [0.717, 1.165) is 70.2 Å². The number of carbonyl (C=O) groups excluding carboxylic acids is 4. The van der Waals surface area contributed by atoms with E-state index in [1.807, 2.05) is 41.5 Å². The first-order valence-corrected chi connectivity index (χ1v) is 29.2. The van der Waals surface area contributed by atoms with Gasteiger partial charge in [0.25, 0.3) is 0 Å². The summed E-state index contributed by atoms with van der Waals surface area (Å²) in [5.41, 5.74) is 0.569. The van der Waals surface area contributed by atoms with Crippen molar-refractivity contribution in [3.63, 3.8) is 0 Å². The molecule has 0 aliphatic carbocycles. The van der Waals surface area contributed by atoms with Gasteiger partial charge in [0, 0.05) is 89.2 Å². The number of nitrogens with two attached hydrogens (primary N) is 1. The van der Waals surface area contributed by atoms with Crippen LogP contribution >= 0.6 is 15.9 Å². The van der Waals surface area contributed by atoms with Crippen LogP contribution < -0.4 is 27.2 Å². The molecule has 16 nitrogen and oxygen atoms in total. The second kappa shape index (κ2) is 27.2. The second-order valence-corrected chi connectivity index (χ2v) is 25.6. The molecule has 20 heteroatoms. The molecular weight excluding hydrogens is 1030 g/mol. The Morgan fingerprint density at radius 1 is 0.671 bits per heavy atom. The Morgan fingerprint density at radius 3 is 1.49 bits per heavy atom. The Kier molecular flexibility index (Phi) is 23.8. The first kappa shape index (κ1) is 61.1. The van der Waals surface area contributed by atoms with Crippen molar-refractivity contribution in [2.24, 2.45) is 0 Å². The number of alkyl halides is 1. The molecular formula is C50H76BrClN2O14S2. The Morgan fingerprint density at radius 2 is 1.09 bits per heavy atom. The van der Waals surface area contributed by atoms with Gasteiger partial charge in [0.1, 0.15) is 33.9 Å². The number of hydrogen-bond acceptors (Lipinski definition) is 15. The summed E-state index contributed by atoms with van der Waals surface area (Å²) in [6.45, 7) is 18.0. The molecule has 0 saturated carbocycles. The van der Waals surface area contributed by atoms with Crippen LogP contribution in [0.5, 0.6) is 11.5 Å². The highest BCUT2D eigenvalue weighted by Crippen LogP contribution is 2.40. The lowest BCUT2D eigenvalue weighted by molar-refractivity contribution is -0.667. The van der Waals surface area contributed by atoms with Crippen LogP contribution in [0.15, 0.2) is 36.4 Å². The van der Waals surface area contributed by atoms with Crippen LogP contribution in [0.3, 0.4) is 0 Å². The lowest BCUT2D eigenvalue weighted by Crippen LogP contribution is -3.00. The maximum absolute atomic E-state index is 12.9. The van der Waals surface area contributed by atoms with Crippen LogP contribution in [0.25, 0.3) is 0 Å². The van der Waals surface area contributed by atoms with Crippen molar-refractivity contribution in [2.45, 2.75) is 140 Å². The van der Waals surface area contributed by atoms with Gasteiger partial charge >= 0.3 is 11.9 Å². The van der Waals surface area contributed by atoms with Crippen LogP contribution in [0.1, 0.15) is 138 Å². The van der Waals surface area contributed by atoms with E-state index in [1.54, 1.807) is 36.4 Å². The Hall–Kier alpha value is -3.17. The van der Waals surface area contributed by atoms with E-state index in [0.29, 0.717) is 92.3 Å². The van der Waals surface area contributed by atoms with E-state index in [1.165, 1.54) is 12.5 Å². The third-order valence-electron chi connectivity index (χ3n) is 11.5. The number of rotatable bonds is 17. The number of benzene rings is 2. The Labute approximate surface area is 430 Å². The number of carbonyl (C=O) groups is 4. The minimum atomic E-state index is -3.17. The van der Waals surface area contributed by atoms with Gasteiger partial charge < -0.3 is 51.0 Å². The second-order valence-electron chi connectivity index (χ2n) is 20.6. The van der Waals surface area contributed by atoms with Gasteiger partial charge in [-0.15, -0.1) is 0 Å². The van der Waals surface area contributed by atoms with Crippen molar-refractivity contribution in [1.29, 1.82) is 0 Å². The monoisotopic (exact) mass is 1110 g/mol. The van der Waals surface area contributed by atoms with E-state index >= 15 is 0 Å². The molecule has 4 aliphatic rings. The summed E-state index contributed by atoms with van der Waals surface area (Å²) in [5.74, 6) is 0.741. The molecule has 2 N–H and O–H groups in total. The maximum atomic E-state index is 12.9. The molecule has 0 atom stereocenters. The molecule has 4 heterocycles. The summed E-state index contributed by atoms with van der Waals surface area (Å²) >= 11 is 3.25. The van der Waals surface area contributed by atoms with Gasteiger partial charge in [-0.3, -0.25) is 19.2 Å². The van der Waals surface area contributed by atoms with E-state index in [-0.39, 0.29) is 58.6 Å². The standard InChI is InChI=1S/C25H37NO7S.C15H19NO4S.C10H19BrO3.ClH/c1-24(2,3)33-23(28)6-5-14-31-15-13-26-11-9-25(10-12-26)17-21(27)20-16-19(18-34(4,29)30)7-8-22(20)32-25;1-21(18,19)10-11-2-3-14-12(8-11)13(17)9-15(20-14)4-6-16-7-5-15;1-10(2,3)14-9(12)5-4-7-13-8-6-11;/h7-8,16H,5-6,9-15,17-18H2,1-4H3;2-3,8,16H,4-7,9-10H2,1H3;4-8H2,1-3H3;1H. The molecule has 2 aromatic carbocycles. The number of sulfone groups is 2. The van der Waals surface area contributed by atoms with Gasteiger partial charge in [0.2, 0.25) is 0 Å². The minimum Gasteiger partial charge on any atom is -1.00 e. The molecule has 0 aromatic heterocycles. The zero-order valence-electron chi connectivity index (χ0n) is 42.3. The molecule has 70 heavy (non-hydrogen) atoms. The lowest BCUT2D eigenvalue weighted by Gasteiger charge is -2.44. The fourth-order valence-corrected chi connectivity index (χ4v) is 10.3. The number of nitrogens with zero attached hydrogens (tertiary/aromatic N) is 1. The molecule has 396 valence electrons. The minimum absolute atomic E-state index is 0. The third kappa shape index (κ3) is 22.3. The van der Waals surface area contributed by atoms with Gasteiger partial charge in [-0.05, 0) is 89.8 Å². The van der Waals surface area contributed by atoms with Crippen molar-refractivity contribution in [3.8, 4) is 11.5 Å². The summed E-state index contributed by atoms with van der Waals surface area (Å²) in [7, 11) is -6.27. The molecule has 0 unspecified atom stereocenters. The highest BCUT2D eigenvalue weighted by molar-refractivity contribution is 9.09. The van der Waals surface area contributed by atoms with E-state index in [2.05, 4.69) is 26.1 Å². The van der Waals surface area contributed by atoms with Crippen molar-refractivity contribution in [3.05, 3.63) is 58.7 Å². The third-order valence-corrected chi connectivity index (χ3v) is 13.5. The van der Waals surface area contributed by atoms with Gasteiger partial charge in [-0.25, -0.2) is 16.8 Å². The largest absolute Gasteiger partial charge is 1.00 e. The zero-order valence-corrected chi connectivity index (χ0v) is 46.3. The Balaban J connectivity index is 0.000000306. The maximum Gasteiger partial charge on any atom is 0.306 e. The van der Waals surface area contributed by atoms with Crippen LogP contribution in [0.4, 0.5) is 0 Å². The van der Waals surface area contributed by atoms with Crippen molar-refractivity contribution >= 4 is 59.1 Å². The SMILES string of the molecule is CC(C)(C)OC(=O)CCCOCCBr.CC(C)(C)OC(=O)CCCOCCN1CCC2(CC1)CC(=O)c1cc(CS(C)(=O)=O)ccc1O2.CS(=O)(=O)Cc1ccc2c(c1)C(=O)CC1(CC[NH2+]CC1)O2.[Cl-]. The highest BCUT2D eigenvalue weighted by atomic mass is 79.9. The Bertz CT molecular complexity index is 2280. The van der Waals surface area contributed by atoms with E-state index < -0.39 is 30.9 Å². The fourth-order valence-electron chi connectivity index (χ4n) is 8.48. The predicted octanol–water partition coefficient (Wildman–Crippen LogP) is 2.99. The molecule has 2 fully saturated rings. The fraction of sp³-hybridized carbons (Fsp3) is 0.680. The van der Waals surface area contributed by atoms with Gasteiger partial charge in [-0.2, -0.15) is 0 Å². The van der Waals surface area contributed by atoms with Gasteiger partial charge in [-0.1, -0.05) is 28.1 Å². The summed E-state index contributed by atoms with van der Waals surface area (Å²) in [6, 6.07) is 10.3. The first-order valence-electron chi connectivity index (χ1n) is 23.9. The first-order chi connectivity index (χ1) is 32.2. The molecule has 0 bridgehead atoms. The molecule has 0 radical (unpaired) electrons. The predicted molar refractivity (Wildman–Crippen MR) is 267 cm³/mol. The van der Waals surface area contributed by atoms with Crippen LogP contribution in [0, 0.1) is 0 Å². The number of esters is 2. The summed E-state index contributed by atoms with van der Waals surface area (Å²) in [4.78, 5) is 50.5. The molecule has 2 spiro atoms. The smallest absolute Gasteiger partial charge is 0.306 e. The molecule has 6 rings (SSSR count). The number of quaternary nitrogens is 1. The van der Waals surface area contributed by atoms with Crippen molar-refractivity contribution in [1.82, 2.24) is 4.90 Å². The van der Waals surface area contributed by atoms with E-state index in [4.69, 9.17) is 28.4 Å². The van der Waals surface area contributed by atoms with Crippen molar-refractivity contribution in [2.75, 3.05) is 77.0 Å². The van der Waals surface area contributed by atoms with E-state index in [9.17, 15) is 36.0 Å². The van der Waals surface area contributed by atoms with Crippen LogP contribution in [-0.2, 0) is 59.7 Å². The molecule has 2 saturated heterocycles.